The third-order valence-electron chi connectivity index (χ3n) is 4.55. The molecule has 1 aromatic carbocycles. The number of hydrogen-bond donors (Lipinski definition) is 1. The summed E-state index contributed by atoms with van der Waals surface area (Å²) in [5, 5.41) is 0. The van der Waals surface area contributed by atoms with E-state index in [9.17, 15) is 4.79 Å². The lowest BCUT2D eigenvalue weighted by molar-refractivity contribution is 0.0587. The second-order valence-electron chi connectivity index (χ2n) is 6.42. The van der Waals surface area contributed by atoms with E-state index in [0.717, 1.165) is 17.7 Å². The molecule has 0 spiro atoms. The van der Waals surface area contributed by atoms with Crippen LogP contribution in [0.25, 0.3) is 0 Å². The maximum Gasteiger partial charge on any atom is 0.254 e. The first kappa shape index (κ1) is 14.1. The topological polar surface area (TPSA) is 46.3 Å². The fourth-order valence-corrected chi connectivity index (χ4v) is 2.50. The van der Waals surface area contributed by atoms with Gasteiger partial charge in [0.15, 0.2) is 0 Å². The summed E-state index contributed by atoms with van der Waals surface area (Å²) in [4.78, 5) is 14.5. The molecular formula is C16H24N2O. The van der Waals surface area contributed by atoms with Gasteiger partial charge in [-0.1, -0.05) is 45.9 Å². The second kappa shape index (κ2) is 4.97. The standard InChI is InChI=1S/C16H24N2O/c1-11(2)16(3,4)10-18-14(9-17)12-7-5-6-8-13(12)15(18)19/h5-8,11,14H,9-10,17H2,1-4H3/t14-/m0/s1. The van der Waals surface area contributed by atoms with Crippen molar-refractivity contribution in [1.29, 1.82) is 0 Å². The van der Waals surface area contributed by atoms with Crippen molar-refractivity contribution in [2.45, 2.75) is 33.7 Å². The first-order chi connectivity index (χ1) is 8.88. The molecule has 1 atom stereocenters. The number of fused-ring (bicyclic) bond motifs is 1. The summed E-state index contributed by atoms with van der Waals surface area (Å²) in [7, 11) is 0. The Labute approximate surface area is 115 Å². The fraction of sp³-hybridized carbons (Fsp3) is 0.562. The van der Waals surface area contributed by atoms with Gasteiger partial charge < -0.3 is 10.6 Å². The minimum Gasteiger partial charge on any atom is -0.330 e. The van der Waals surface area contributed by atoms with Crippen molar-refractivity contribution in [3.63, 3.8) is 0 Å². The van der Waals surface area contributed by atoms with Gasteiger partial charge >= 0.3 is 0 Å². The number of nitrogens with zero attached hydrogens (tertiary/aromatic N) is 1. The maximum absolute atomic E-state index is 12.5. The molecule has 19 heavy (non-hydrogen) atoms. The average Bonchev–Trinajstić information content (AvgIpc) is 2.62. The summed E-state index contributed by atoms with van der Waals surface area (Å²) in [6, 6.07) is 7.85. The van der Waals surface area contributed by atoms with Gasteiger partial charge in [-0.25, -0.2) is 0 Å². The number of benzene rings is 1. The first-order valence-corrected chi connectivity index (χ1v) is 6.98. The van der Waals surface area contributed by atoms with E-state index in [2.05, 4.69) is 27.7 Å². The van der Waals surface area contributed by atoms with E-state index in [4.69, 9.17) is 5.73 Å². The van der Waals surface area contributed by atoms with Gasteiger partial charge in [-0.15, -0.1) is 0 Å². The largest absolute Gasteiger partial charge is 0.330 e. The Morgan fingerprint density at radius 2 is 1.95 bits per heavy atom. The molecule has 1 amide bonds. The molecular weight excluding hydrogens is 236 g/mol. The molecule has 2 N–H and O–H groups in total. The minimum absolute atomic E-state index is 0.0294. The van der Waals surface area contributed by atoms with E-state index < -0.39 is 0 Å². The van der Waals surface area contributed by atoms with Gasteiger partial charge in [-0.2, -0.15) is 0 Å². The highest BCUT2D eigenvalue weighted by molar-refractivity contribution is 5.99. The molecule has 0 radical (unpaired) electrons. The van der Waals surface area contributed by atoms with Crippen molar-refractivity contribution < 1.29 is 4.79 Å². The van der Waals surface area contributed by atoms with Crippen LogP contribution in [0.15, 0.2) is 24.3 Å². The highest BCUT2D eigenvalue weighted by Crippen LogP contribution is 2.37. The number of amides is 1. The second-order valence-corrected chi connectivity index (χ2v) is 6.42. The minimum atomic E-state index is 0.0294. The van der Waals surface area contributed by atoms with Gasteiger partial charge in [0.2, 0.25) is 0 Å². The lowest BCUT2D eigenvalue weighted by Crippen LogP contribution is -2.41. The van der Waals surface area contributed by atoms with Crippen molar-refractivity contribution in [3.8, 4) is 0 Å². The van der Waals surface area contributed by atoms with Crippen molar-refractivity contribution in [1.82, 2.24) is 4.90 Å². The molecule has 0 fully saturated rings. The Bertz CT molecular complexity index is 479. The molecule has 1 aromatic rings. The Balaban J connectivity index is 2.31. The molecule has 0 saturated carbocycles. The van der Waals surface area contributed by atoms with Crippen LogP contribution < -0.4 is 5.73 Å². The monoisotopic (exact) mass is 260 g/mol. The van der Waals surface area contributed by atoms with Gasteiger partial charge in [0, 0.05) is 18.7 Å². The number of carbonyl (C=O) groups is 1. The Hall–Kier alpha value is -1.35. The normalized spacial score (nSPS) is 19.2. The highest BCUT2D eigenvalue weighted by Gasteiger charge is 2.39. The smallest absolute Gasteiger partial charge is 0.254 e. The third kappa shape index (κ3) is 2.39. The molecule has 3 nitrogen and oxygen atoms in total. The Morgan fingerprint density at radius 1 is 1.32 bits per heavy atom. The lowest BCUT2D eigenvalue weighted by atomic mass is 9.80. The molecule has 0 aromatic heterocycles. The number of hydrogen-bond acceptors (Lipinski definition) is 2. The molecule has 1 aliphatic rings. The SMILES string of the molecule is CC(C)C(C)(C)CN1C(=O)c2ccccc2[C@@H]1CN. The van der Waals surface area contributed by atoms with Crippen LogP contribution in [0.4, 0.5) is 0 Å². The summed E-state index contributed by atoms with van der Waals surface area (Å²) >= 11 is 0. The van der Waals surface area contributed by atoms with Crippen LogP contribution in [0.2, 0.25) is 0 Å². The zero-order valence-corrected chi connectivity index (χ0v) is 12.3. The van der Waals surface area contributed by atoms with Crippen molar-refractivity contribution in [2.24, 2.45) is 17.1 Å². The van der Waals surface area contributed by atoms with E-state index >= 15 is 0 Å². The zero-order chi connectivity index (χ0) is 14.2. The van der Waals surface area contributed by atoms with Crippen LogP contribution in [0, 0.1) is 11.3 Å². The molecule has 3 heteroatoms. The van der Waals surface area contributed by atoms with Gasteiger partial charge in [-0.05, 0) is 23.0 Å². The Morgan fingerprint density at radius 3 is 2.53 bits per heavy atom. The van der Waals surface area contributed by atoms with E-state index in [0.29, 0.717) is 12.5 Å². The molecule has 1 heterocycles. The van der Waals surface area contributed by atoms with Crippen LogP contribution >= 0.6 is 0 Å². The number of carbonyl (C=O) groups excluding carboxylic acids is 1. The van der Waals surface area contributed by atoms with Crippen LogP contribution in [0.5, 0.6) is 0 Å². The summed E-state index contributed by atoms with van der Waals surface area (Å²) < 4.78 is 0. The predicted molar refractivity (Wildman–Crippen MR) is 77.9 cm³/mol. The first-order valence-electron chi connectivity index (χ1n) is 6.98. The fourth-order valence-electron chi connectivity index (χ4n) is 2.50. The van der Waals surface area contributed by atoms with Crippen molar-refractivity contribution >= 4 is 5.91 Å². The predicted octanol–water partition coefficient (Wildman–Crippen LogP) is 2.82. The Kier molecular flexibility index (Phi) is 3.68. The molecule has 1 aliphatic heterocycles. The van der Waals surface area contributed by atoms with Crippen LogP contribution in [-0.2, 0) is 0 Å². The number of rotatable bonds is 4. The maximum atomic E-state index is 12.5. The van der Waals surface area contributed by atoms with Crippen molar-refractivity contribution in [3.05, 3.63) is 35.4 Å². The quantitative estimate of drug-likeness (QED) is 0.905. The van der Waals surface area contributed by atoms with E-state index in [1.807, 2.05) is 29.2 Å². The molecule has 0 aliphatic carbocycles. The van der Waals surface area contributed by atoms with Crippen LogP contribution in [-0.4, -0.2) is 23.9 Å². The molecule has 0 bridgehead atoms. The molecule has 0 unspecified atom stereocenters. The highest BCUT2D eigenvalue weighted by atomic mass is 16.2. The van der Waals surface area contributed by atoms with E-state index in [1.165, 1.54) is 0 Å². The van der Waals surface area contributed by atoms with Crippen LogP contribution in [0.1, 0.15) is 49.7 Å². The van der Waals surface area contributed by atoms with Gasteiger partial charge in [0.1, 0.15) is 0 Å². The van der Waals surface area contributed by atoms with Crippen molar-refractivity contribution in [2.75, 3.05) is 13.1 Å². The summed E-state index contributed by atoms with van der Waals surface area (Å²) in [6.07, 6.45) is 0. The van der Waals surface area contributed by atoms with Gasteiger partial charge in [-0.3, -0.25) is 4.79 Å². The summed E-state index contributed by atoms with van der Waals surface area (Å²) in [6.45, 7) is 10.1. The molecule has 2 rings (SSSR count). The van der Waals surface area contributed by atoms with E-state index in [-0.39, 0.29) is 17.4 Å². The average molecular weight is 260 g/mol. The van der Waals surface area contributed by atoms with Crippen LogP contribution in [0.3, 0.4) is 0 Å². The molecule has 0 saturated heterocycles. The number of nitrogens with two attached hydrogens (primary N) is 1. The lowest BCUT2D eigenvalue weighted by Gasteiger charge is -2.36. The zero-order valence-electron chi connectivity index (χ0n) is 12.3. The van der Waals surface area contributed by atoms with Gasteiger partial charge in [0.05, 0.1) is 6.04 Å². The summed E-state index contributed by atoms with van der Waals surface area (Å²) in [5.74, 6) is 0.641. The summed E-state index contributed by atoms with van der Waals surface area (Å²) in [5.41, 5.74) is 7.89. The van der Waals surface area contributed by atoms with Gasteiger partial charge in [0.25, 0.3) is 5.91 Å². The third-order valence-corrected chi connectivity index (χ3v) is 4.55. The molecule has 104 valence electrons. The van der Waals surface area contributed by atoms with E-state index in [1.54, 1.807) is 0 Å².